The van der Waals surface area contributed by atoms with Crippen molar-refractivity contribution in [2.75, 3.05) is 0 Å². The van der Waals surface area contributed by atoms with Gasteiger partial charge in [-0.15, -0.1) is 0 Å². The smallest absolute Gasteiger partial charge is 0.228 e. The minimum absolute atomic E-state index is 0.0497. The van der Waals surface area contributed by atoms with Gasteiger partial charge in [-0.3, -0.25) is 0 Å². The number of phenolic OH excluding ortho intramolecular Hbond substituents is 3. The molecular weight excluding hydrogens is 396 g/mol. The van der Waals surface area contributed by atoms with E-state index >= 15 is 0 Å². The molecule has 0 bridgehead atoms. The standard InChI is InChI=1S/C21H22O9/c1-9-17(25)18(26)19(27)21(28-9)30-16-8-13-14(24)6-12(23)7-15(13)29-20(16)10-2-4-11(22)5-3-10/h2-9,17-27H,1H3. The van der Waals surface area contributed by atoms with Gasteiger partial charge in [0.05, 0.1) is 11.7 Å². The van der Waals surface area contributed by atoms with Gasteiger partial charge in [-0.25, -0.2) is 0 Å². The van der Waals surface area contributed by atoms with E-state index in [1.807, 2.05) is 0 Å². The fraction of sp³-hybridized carbons (Fsp3) is 0.333. The second-order valence-corrected chi connectivity index (χ2v) is 7.31. The predicted molar refractivity (Wildman–Crippen MR) is 103 cm³/mol. The number of aromatic hydroxyl groups is 3. The summed E-state index contributed by atoms with van der Waals surface area (Å²) in [6, 6.07) is 8.60. The molecule has 4 rings (SSSR count). The number of hydrogen-bond donors (Lipinski definition) is 6. The molecule has 0 saturated carbocycles. The van der Waals surface area contributed by atoms with E-state index < -0.39 is 36.8 Å². The second kappa shape index (κ2) is 7.69. The van der Waals surface area contributed by atoms with E-state index in [0.717, 1.165) is 6.07 Å². The van der Waals surface area contributed by atoms with Gasteiger partial charge in [0, 0.05) is 17.7 Å². The van der Waals surface area contributed by atoms with Crippen molar-refractivity contribution in [3.05, 3.63) is 53.3 Å². The lowest BCUT2D eigenvalue weighted by Gasteiger charge is -2.40. The van der Waals surface area contributed by atoms with Crippen LogP contribution >= 0.6 is 0 Å². The Morgan fingerprint density at radius 1 is 0.867 bits per heavy atom. The molecule has 0 aromatic heterocycles. The normalized spacial score (nSPS) is 30.7. The highest BCUT2D eigenvalue weighted by atomic mass is 16.7. The zero-order chi connectivity index (χ0) is 21.6. The maximum Gasteiger partial charge on any atom is 0.228 e. The number of aliphatic hydroxyl groups is 3. The number of hydrogen-bond acceptors (Lipinski definition) is 9. The topological polar surface area (TPSA) is 149 Å². The van der Waals surface area contributed by atoms with Gasteiger partial charge in [0.1, 0.15) is 47.1 Å². The predicted octanol–water partition coefficient (Wildman–Crippen LogP) is 1.12. The minimum Gasteiger partial charge on any atom is -0.508 e. The quantitative estimate of drug-likeness (QED) is 0.431. The maximum atomic E-state index is 10.3. The molecule has 160 valence electrons. The summed E-state index contributed by atoms with van der Waals surface area (Å²) >= 11 is 0. The van der Waals surface area contributed by atoms with Crippen LogP contribution in [0.2, 0.25) is 0 Å². The van der Waals surface area contributed by atoms with Crippen molar-refractivity contribution in [3.8, 4) is 23.0 Å². The summed E-state index contributed by atoms with van der Waals surface area (Å²) < 4.78 is 17.3. The summed E-state index contributed by atoms with van der Waals surface area (Å²) in [5.74, 6) is -0.0378. The third-order valence-electron chi connectivity index (χ3n) is 5.15. The van der Waals surface area contributed by atoms with Gasteiger partial charge in [0.2, 0.25) is 6.29 Å². The molecule has 2 aliphatic rings. The van der Waals surface area contributed by atoms with Crippen LogP contribution in [0.25, 0.3) is 6.08 Å². The first-order chi connectivity index (χ1) is 14.2. The number of fused-ring (bicyclic) bond motifs is 1. The SMILES string of the molecule is CC1OC(OC2=Cc3c(O)cc(O)cc3OC2c2ccc(O)cc2)C(O)C(O)C1O. The molecule has 9 heteroatoms. The number of benzene rings is 2. The second-order valence-electron chi connectivity index (χ2n) is 7.31. The Kier molecular flexibility index (Phi) is 5.20. The van der Waals surface area contributed by atoms with Gasteiger partial charge in [-0.2, -0.15) is 0 Å². The van der Waals surface area contributed by atoms with Crippen molar-refractivity contribution >= 4 is 6.08 Å². The van der Waals surface area contributed by atoms with Gasteiger partial charge >= 0.3 is 0 Å². The molecule has 6 N–H and O–H groups in total. The zero-order valence-corrected chi connectivity index (χ0v) is 15.9. The fourth-order valence-electron chi connectivity index (χ4n) is 3.47. The average Bonchev–Trinajstić information content (AvgIpc) is 2.71. The van der Waals surface area contributed by atoms with E-state index in [4.69, 9.17) is 14.2 Å². The van der Waals surface area contributed by atoms with Gasteiger partial charge in [0.25, 0.3) is 0 Å². The molecule has 6 unspecified atom stereocenters. The molecule has 2 aromatic carbocycles. The van der Waals surface area contributed by atoms with Crippen molar-refractivity contribution < 1.29 is 44.8 Å². The molecule has 1 fully saturated rings. The van der Waals surface area contributed by atoms with Crippen molar-refractivity contribution in [1.82, 2.24) is 0 Å². The van der Waals surface area contributed by atoms with Crippen LogP contribution in [0.3, 0.4) is 0 Å². The Bertz CT molecular complexity index is 956. The lowest BCUT2D eigenvalue weighted by Crippen LogP contribution is -2.57. The number of aliphatic hydroxyl groups excluding tert-OH is 3. The summed E-state index contributed by atoms with van der Waals surface area (Å²) in [5, 5.41) is 59.8. The zero-order valence-electron chi connectivity index (χ0n) is 15.9. The molecule has 30 heavy (non-hydrogen) atoms. The van der Waals surface area contributed by atoms with E-state index in [1.54, 1.807) is 12.1 Å². The molecule has 0 spiro atoms. The lowest BCUT2D eigenvalue weighted by molar-refractivity contribution is -0.285. The average molecular weight is 418 g/mol. The summed E-state index contributed by atoms with van der Waals surface area (Å²) in [4.78, 5) is 0. The first kappa shape index (κ1) is 20.3. The largest absolute Gasteiger partial charge is 0.508 e. The maximum absolute atomic E-state index is 10.3. The highest BCUT2D eigenvalue weighted by Crippen LogP contribution is 2.44. The highest BCUT2D eigenvalue weighted by molar-refractivity contribution is 5.69. The van der Waals surface area contributed by atoms with E-state index in [2.05, 4.69) is 0 Å². The number of phenols is 3. The van der Waals surface area contributed by atoms with Crippen LogP contribution in [0.5, 0.6) is 23.0 Å². The molecule has 2 aliphatic heterocycles. The molecule has 2 heterocycles. The first-order valence-corrected chi connectivity index (χ1v) is 9.34. The lowest BCUT2D eigenvalue weighted by atomic mass is 9.99. The Labute approximate surface area is 171 Å². The van der Waals surface area contributed by atoms with E-state index in [0.29, 0.717) is 5.56 Å². The Hall–Kier alpha value is -2.98. The van der Waals surface area contributed by atoms with Crippen LogP contribution in [0.1, 0.15) is 24.2 Å². The summed E-state index contributed by atoms with van der Waals surface area (Å²) in [6.07, 6.45) is -5.80. The molecule has 9 nitrogen and oxygen atoms in total. The molecular formula is C21H22O9. The summed E-state index contributed by atoms with van der Waals surface area (Å²) in [6.45, 7) is 1.53. The van der Waals surface area contributed by atoms with E-state index in [9.17, 15) is 30.6 Å². The highest BCUT2D eigenvalue weighted by Gasteiger charge is 2.44. The van der Waals surface area contributed by atoms with Crippen molar-refractivity contribution in [2.45, 2.75) is 43.7 Å². The van der Waals surface area contributed by atoms with Gasteiger partial charge in [-0.05, 0) is 25.1 Å². The van der Waals surface area contributed by atoms with Crippen molar-refractivity contribution in [1.29, 1.82) is 0 Å². The van der Waals surface area contributed by atoms with Crippen LogP contribution < -0.4 is 4.74 Å². The summed E-state index contributed by atoms with van der Waals surface area (Å²) in [5.41, 5.74) is 0.822. The summed E-state index contributed by atoms with van der Waals surface area (Å²) in [7, 11) is 0. The van der Waals surface area contributed by atoms with Crippen LogP contribution in [0, 0.1) is 0 Å². The first-order valence-electron chi connectivity index (χ1n) is 9.34. The van der Waals surface area contributed by atoms with Gasteiger partial charge < -0.3 is 44.8 Å². The fourth-order valence-corrected chi connectivity index (χ4v) is 3.47. The van der Waals surface area contributed by atoms with Crippen LogP contribution in [-0.4, -0.2) is 61.3 Å². The Balaban J connectivity index is 1.72. The molecule has 6 atom stereocenters. The van der Waals surface area contributed by atoms with E-state index in [1.165, 1.54) is 31.2 Å². The molecule has 0 radical (unpaired) electrons. The molecule has 0 amide bonds. The molecule has 0 aliphatic carbocycles. The van der Waals surface area contributed by atoms with Crippen LogP contribution in [0.4, 0.5) is 0 Å². The monoisotopic (exact) mass is 418 g/mol. The van der Waals surface area contributed by atoms with E-state index in [-0.39, 0.29) is 34.3 Å². The third kappa shape index (κ3) is 3.63. The molecule has 2 aromatic rings. The van der Waals surface area contributed by atoms with Crippen LogP contribution in [0.15, 0.2) is 42.2 Å². The van der Waals surface area contributed by atoms with Crippen LogP contribution in [-0.2, 0) is 9.47 Å². The Morgan fingerprint density at radius 3 is 2.27 bits per heavy atom. The van der Waals surface area contributed by atoms with Crippen molar-refractivity contribution in [3.63, 3.8) is 0 Å². The van der Waals surface area contributed by atoms with Gasteiger partial charge in [0.15, 0.2) is 6.10 Å². The third-order valence-corrected chi connectivity index (χ3v) is 5.15. The Morgan fingerprint density at radius 2 is 1.57 bits per heavy atom. The minimum atomic E-state index is -1.53. The van der Waals surface area contributed by atoms with Gasteiger partial charge in [-0.1, -0.05) is 12.1 Å². The number of ether oxygens (including phenoxy) is 3. The number of rotatable bonds is 3. The van der Waals surface area contributed by atoms with Crippen molar-refractivity contribution in [2.24, 2.45) is 0 Å². The molecule has 1 saturated heterocycles.